The largest absolute Gasteiger partial charge is 0.497 e. The van der Waals surface area contributed by atoms with E-state index >= 15 is 0 Å². The van der Waals surface area contributed by atoms with Crippen molar-refractivity contribution in [3.05, 3.63) is 95.8 Å². The van der Waals surface area contributed by atoms with Crippen molar-refractivity contribution in [1.82, 2.24) is 14.1 Å². The first kappa shape index (κ1) is 31.2. The number of benzene rings is 3. The third-order valence-electron chi connectivity index (χ3n) is 7.52. The fourth-order valence-corrected chi connectivity index (χ4v) is 6.68. The number of ether oxygens (including phenoxy) is 1. The van der Waals surface area contributed by atoms with Gasteiger partial charge < -0.3 is 14.5 Å². The van der Waals surface area contributed by atoms with E-state index in [1.165, 1.54) is 28.6 Å². The molecular formula is C32H38FN3O5S. The van der Waals surface area contributed by atoms with E-state index in [0.717, 1.165) is 11.1 Å². The number of likely N-dealkylation sites (tertiary alicyclic amines) is 1. The Morgan fingerprint density at radius 3 is 2.14 bits per heavy atom. The van der Waals surface area contributed by atoms with Crippen LogP contribution in [0.3, 0.4) is 0 Å². The second-order valence-corrected chi connectivity index (χ2v) is 12.4. The summed E-state index contributed by atoms with van der Waals surface area (Å²) >= 11 is 0. The zero-order chi connectivity index (χ0) is 30.1. The SMILES string of the molecule is CCCN(CC(=O)N(Cc1ccc(OC)cc1)C1CCN(C(=O)Cc2ccc(F)cc2)CC1)S(=O)(=O)c1ccccc1. The van der Waals surface area contributed by atoms with E-state index in [1.807, 2.05) is 31.2 Å². The number of methoxy groups -OCH3 is 1. The number of sulfonamides is 1. The Morgan fingerprint density at radius 2 is 1.55 bits per heavy atom. The topological polar surface area (TPSA) is 87.2 Å². The molecule has 8 nitrogen and oxygen atoms in total. The van der Waals surface area contributed by atoms with Gasteiger partial charge in [-0.15, -0.1) is 0 Å². The van der Waals surface area contributed by atoms with Crippen LogP contribution in [0.2, 0.25) is 0 Å². The summed E-state index contributed by atoms with van der Waals surface area (Å²) in [5.74, 6) is 0.0291. The van der Waals surface area contributed by atoms with Crippen LogP contribution in [-0.4, -0.2) is 73.7 Å². The minimum Gasteiger partial charge on any atom is -0.497 e. The van der Waals surface area contributed by atoms with Gasteiger partial charge in [-0.05, 0) is 66.8 Å². The van der Waals surface area contributed by atoms with Crippen LogP contribution in [0.5, 0.6) is 5.75 Å². The number of hydrogen-bond acceptors (Lipinski definition) is 5. The van der Waals surface area contributed by atoms with E-state index < -0.39 is 10.0 Å². The summed E-state index contributed by atoms with van der Waals surface area (Å²) < 4.78 is 46.7. The average Bonchev–Trinajstić information content (AvgIpc) is 3.01. The Balaban J connectivity index is 1.50. The molecule has 0 atom stereocenters. The molecule has 1 aliphatic heterocycles. The molecule has 3 aromatic carbocycles. The van der Waals surface area contributed by atoms with Crippen LogP contribution >= 0.6 is 0 Å². The number of rotatable bonds is 12. The minimum atomic E-state index is -3.86. The van der Waals surface area contributed by atoms with Crippen LogP contribution in [0, 0.1) is 5.82 Å². The van der Waals surface area contributed by atoms with Gasteiger partial charge in [0.1, 0.15) is 11.6 Å². The van der Waals surface area contributed by atoms with Gasteiger partial charge in [-0.25, -0.2) is 12.8 Å². The first-order valence-corrected chi connectivity index (χ1v) is 15.6. The highest BCUT2D eigenvalue weighted by molar-refractivity contribution is 7.89. The molecule has 2 amide bonds. The number of halogens is 1. The zero-order valence-electron chi connectivity index (χ0n) is 24.1. The summed E-state index contributed by atoms with van der Waals surface area (Å²) in [4.78, 5) is 30.5. The molecule has 0 N–H and O–H groups in total. The van der Waals surface area contributed by atoms with Gasteiger partial charge in [-0.2, -0.15) is 4.31 Å². The van der Waals surface area contributed by atoms with Gasteiger partial charge in [0.2, 0.25) is 21.8 Å². The van der Waals surface area contributed by atoms with E-state index in [4.69, 9.17) is 4.74 Å². The third-order valence-corrected chi connectivity index (χ3v) is 9.38. The van der Waals surface area contributed by atoms with Crippen LogP contribution in [0.1, 0.15) is 37.3 Å². The number of carbonyl (C=O) groups excluding carboxylic acids is 2. The Morgan fingerprint density at radius 1 is 0.929 bits per heavy atom. The molecule has 10 heteroatoms. The summed E-state index contributed by atoms with van der Waals surface area (Å²) in [5, 5.41) is 0. The molecule has 0 radical (unpaired) electrons. The molecule has 0 saturated carbocycles. The van der Waals surface area contributed by atoms with E-state index in [1.54, 1.807) is 47.2 Å². The van der Waals surface area contributed by atoms with Crippen molar-refractivity contribution in [1.29, 1.82) is 0 Å². The Bertz CT molecular complexity index is 1430. The molecule has 224 valence electrons. The van der Waals surface area contributed by atoms with Crippen LogP contribution in [0.25, 0.3) is 0 Å². The van der Waals surface area contributed by atoms with Crippen molar-refractivity contribution in [3.63, 3.8) is 0 Å². The molecule has 42 heavy (non-hydrogen) atoms. The summed E-state index contributed by atoms with van der Waals surface area (Å²) in [5.41, 5.74) is 1.64. The maximum Gasteiger partial charge on any atom is 0.243 e. The van der Waals surface area contributed by atoms with E-state index in [9.17, 15) is 22.4 Å². The molecular weight excluding hydrogens is 557 g/mol. The normalized spacial score (nSPS) is 14.1. The molecule has 1 aliphatic rings. The van der Waals surface area contributed by atoms with Gasteiger partial charge in [0.25, 0.3) is 0 Å². The fraction of sp³-hybridized carbons (Fsp3) is 0.375. The molecule has 0 unspecified atom stereocenters. The molecule has 3 aromatic rings. The summed E-state index contributed by atoms with van der Waals surface area (Å²) in [6.45, 7) is 3.07. The lowest BCUT2D eigenvalue weighted by atomic mass is 10.0. The number of carbonyl (C=O) groups is 2. The van der Waals surface area contributed by atoms with Crippen molar-refractivity contribution in [2.45, 2.75) is 50.1 Å². The highest BCUT2D eigenvalue weighted by Gasteiger charge is 2.33. The first-order chi connectivity index (χ1) is 20.2. The predicted octanol–water partition coefficient (Wildman–Crippen LogP) is 4.50. The molecule has 1 saturated heterocycles. The van der Waals surface area contributed by atoms with Gasteiger partial charge >= 0.3 is 0 Å². The van der Waals surface area contributed by atoms with Crippen molar-refractivity contribution in [3.8, 4) is 5.75 Å². The molecule has 0 spiro atoms. The number of hydrogen-bond donors (Lipinski definition) is 0. The lowest BCUT2D eigenvalue weighted by Gasteiger charge is -2.39. The molecule has 1 heterocycles. The van der Waals surface area contributed by atoms with Crippen LogP contribution in [0.4, 0.5) is 4.39 Å². The summed E-state index contributed by atoms with van der Waals surface area (Å²) in [6.07, 6.45) is 1.88. The highest BCUT2D eigenvalue weighted by atomic mass is 32.2. The Kier molecular flexibility index (Phi) is 10.7. The van der Waals surface area contributed by atoms with Crippen LogP contribution in [-0.2, 0) is 32.6 Å². The van der Waals surface area contributed by atoms with E-state index in [-0.39, 0.29) is 48.1 Å². The van der Waals surface area contributed by atoms with Gasteiger partial charge in [0, 0.05) is 32.2 Å². The quantitative estimate of drug-likeness (QED) is 0.308. The number of piperidine rings is 1. The smallest absolute Gasteiger partial charge is 0.243 e. The number of amides is 2. The Labute approximate surface area is 247 Å². The Hall–Kier alpha value is -3.76. The molecule has 0 bridgehead atoms. The zero-order valence-corrected chi connectivity index (χ0v) is 24.9. The lowest BCUT2D eigenvalue weighted by Crippen LogP contribution is -2.51. The fourth-order valence-electron chi connectivity index (χ4n) is 5.18. The second-order valence-electron chi connectivity index (χ2n) is 10.4. The number of nitrogens with zero attached hydrogens (tertiary/aromatic N) is 3. The lowest BCUT2D eigenvalue weighted by molar-refractivity contribution is -0.137. The molecule has 1 fully saturated rings. The van der Waals surface area contributed by atoms with Gasteiger partial charge in [0.05, 0.1) is 25.0 Å². The van der Waals surface area contributed by atoms with Gasteiger partial charge in [0.15, 0.2) is 0 Å². The van der Waals surface area contributed by atoms with E-state index in [2.05, 4.69) is 0 Å². The first-order valence-electron chi connectivity index (χ1n) is 14.2. The summed E-state index contributed by atoms with van der Waals surface area (Å²) in [7, 11) is -2.28. The average molecular weight is 596 g/mol. The molecule has 0 aromatic heterocycles. The molecule has 0 aliphatic carbocycles. The second kappa shape index (κ2) is 14.4. The molecule has 4 rings (SSSR count). The van der Waals surface area contributed by atoms with Gasteiger partial charge in [-0.1, -0.05) is 49.4 Å². The van der Waals surface area contributed by atoms with E-state index in [0.29, 0.717) is 44.6 Å². The maximum absolute atomic E-state index is 13.9. The standard InChI is InChI=1S/C32H38FN3O5S/c1-3-19-35(42(39,40)30-7-5-4-6-8-30)24-32(38)36(23-26-11-15-29(41-2)16-12-26)28-17-20-34(21-18-28)31(37)22-25-9-13-27(33)14-10-25/h4-16,28H,3,17-24H2,1-2H3. The van der Waals surface area contributed by atoms with Crippen LogP contribution < -0.4 is 4.74 Å². The minimum absolute atomic E-state index is 0.0452. The van der Waals surface area contributed by atoms with Crippen molar-refractivity contribution in [2.75, 3.05) is 33.3 Å². The predicted molar refractivity (Wildman–Crippen MR) is 159 cm³/mol. The highest BCUT2D eigenvalue weighted by Crippen LogP contribution is 2.23. The maximum atomic E-state index is 13.9. The van der Waals surface area contributed by atoms with Crippen molar-refractivity contribution in [2.24, 2.45) is 0 Å². The van der Waals surface area contributed by atoms with Crippen molar-refractivity contribution >= 4 is 21.8 Å². The van der Waals surface area contributed by atoms with Gasteiger partial charge in [-0.3, -0.25) is 9.59 Å². The monoisotopic (exact) mass is 595 g/mol. The van der Waals surface area contributed by atoms with Crippen LogP contribution in [0.15, 0.2) is 83.8 Å². The third kappa shape index (κ3) is 7.95. The summed E-state index contributed by atoms with van der Waals surface area (Å²) in [6, 6.07) is 21.4. The van der Waals surface area contributed by atoms with Crippen molar-refractivity contribution < 1.29 is 27.1 Å².